The lowest BCUT2D eigenvalue weighted by molar-refractivity contribution is 0.250. The van der Waals surface area contributed by atoms with Crippen LogP contribution in [0.2, 0.25) is 0 Å². The lowest BCUT2D eigenvalue weighted by atomic mass is 10.0. The van der Waals surface area contributed by atoms with Gasteiger partial charge >= 0.3 is 6.03 Å². The molecule has 0 aliphatic heterocycles. The fraction of sp³-hybridized carbons (Fsp3) is 0.227. The number of aromatic nitrogens is 1. The second kappa shape index (κ2) is 7.31. The molecule has 6 nitrogen and oxygen atoms in total. The number of phenols is 2. The Bertz CT molecular complexity index is 1080. The minimum absolute atomic E-state index is 0.0179. The van der Waals surface area contributed by atoms with E-state index in [-0.39, 0.29) is 17.5 Å². The van der Waals surface area contributed by atoms with E-state index in [9.17, 15) is 15.0 Å². The lowest BCUT2D eigenvalue weighted by Gasteiger charge is -2.26. The van der Waals surface area contributed by atoms with Gasteiger partial charge in [-0.3, -0.25) is 4.90 Å². The first-order chi connectivity index (χ1) is 13.3. The number of amides is 2. The molecule has 2 aromatic carbocycles. The Morgan fingerprint density at radius 3 is 2.57 bits per heavy atom. The van der Waals surface area contributed by atoms with E-state index in [0.29, 0.717) is 28.9 Å². The van der Waals surface area contributed by atoms with Crippen molar-refractivity contribution < 1.29 is 15.0 Å². The van der Waals surface area contributed by atoms with Gasteiger partial charge in [-0.05, 0) is 48.7 Å². The maximum Gasteiger partial charge on any atom is 0.326 e. The zero-order valence-electron chi connectivity index (χ0n) is 16.6. The van der Waals surface area contributed by atoms with E-state index in [1.54, 1.807) is 13.1 Å². The van der Waals surface area contributed by atoms with Crippen molar-refractivity contribution in [3.63, 3.8) is 0 Å². The topological polar surface area (TPSA) is 77.7 Å². The molecule has 28 heavy (non-hydrogen) atoms. The van der Waals surface area contributed by atoms with Gasteiger partial charge in [-0.1, -0.05) is 13.5 Å². The Kier molecular flexibility index (Phi) is 5.05. The monoisotopic (exact) mass is 379 g/mol. The lowest BCUT2D eigenvalue weighted by Crippen LogP contribution is -2.36. The number of aryl methyl sites for hydroxylation is 3. The largest absolute Gasteiger partial charge is 0.508 e. The molecule has 0 saturated heterocycles. The number of anilines is 1. The van der Waals surface area contributed by atoms with Gasteiger partial charge in [0.2, 0.25) is 0 Å². The predicted octanol–water partition coefficient (Wildman–Crippen LogP) is 4.28. The summed E-state index contributed by atoms with van der Waals surface area (Å²) in [5.41, 5.74) is 4.17. The molecule has 0 bridgehead atoms. The predicted molar refractivity (Wildman–Crippen MR) is 113 cm³/mol. The van der Waals surface area contributed by atoms with Crippen molar-refractivity contribution in [2.24, 2.45) is 7.05 Å². The first-order valence-corrected chi connectivity index (χ1v) is 9.10. The zero-order valence-corrected chi connectivity index (χ0v) is 16.6. The third kappa shape index (κ3) is 3.17. The van der Waals surface area contributed by atoms with Crippen molar-refractivity contribution in [1.29, 1.82) is 0 Å². The van der Waals surface area contributed by atoms with Gasteiger partial charge in [-0.2, -0.15) is 0 Å². The van der Waals surface area contributed by atoms with E-state index >= 15 is 0 Å². The highest BCUT2D eigenvalue weighted by molar-refractivity contribution is 6.06. The van der Waals surface area contributed by atoms with Crippen LogP contribution in [-0.4, -0.2) is 27.9 Å². The summed E-state index contributed by atoms with van der Waals surface area (Å²) in [6.45, 7) is 7.98. The van der Waals surface area contributed by atoms with Crippen LogP contribution in [0, 0.1) is 6.92 Å². The smallest absolute Gasteiger partial charge is 0.326 e. The molecule has 0 aliphatic carbocycles. The Balaban J connectivity index is 2.15. The number of benzene rings is 2. The van der Waals surface area contributed by atoms with Gasteiger partial charge < -0.3 is 20.1 Å². The van der Waals surface area contributed by atoms with Crippen molar-refractivity contribution in [2.45, 2.75) is 20.3 Å². The van der Waals surface area contributed by atoms with Crippen molar-refractivity contribution in [3.8, 4) is 11.5 Å². The summed E-state index contributed by atoms with van der Waals surface area (Å²) >= 11 is 0. The minimum Gasteiger partial charge on any atom is -0.508 e. The van der Waals surface area contributed by atoms with Crippen molar-refractivity contribution in [1.82, 2.24) is 9.88 Å². The van der Waals surface area contributed by atoms with E-state index in [0.717, 1.165) is 16.5 Å². The molecule has 2 amide bonds. The summed E-state index contributed by atoms with van der Waals surface area (Å²) in [4.78, 5) is 14.1. The molecule has 0 unspecified atom stereocenters. The third-order valence-electron chi connectivity index (χ3n) is 5.01. The van der Waals surface area contributed by atoms with Crippen LogP contribution < -0.4 is 10.2 Å². The molecule has 3 N–H and O–H groups in total. The van der Waals surface area contributed by atoms with E-state index in [4.69, 9.17) is 0 Å². The molecule has 1 heterocycles. The normalized spacial score (nSPS) is 10.9. The summed E-state index contributed by atoms with van der Waals surface area (Å²) in [6.07, 6.45) is 2.62. The summed E-state index contributed by atoms with van der Waals surface area (Å²) < 4.78 is 2.03. The highest BCUT2D eigenvalue weighted by Gasteiger charge is 2.23. The number of aromatic hydroxyl groups is 2. The first kappa shape index (κ1) is 19.4. The zero-order chi connectivity index (χ0) is 20.6. The van der Waals surface area contributed by atoms with Crippen LogP contribution in [0.4, 0.5) is 10.5 Å². The fourth-order valence-electron chi connectivity index (χ4n) is 3.48. The quantitative estimate of drug-likeness (QED) is 0.633. The summed E-state index contributed by atoms with van der Waals surface area (Å²) in [6, 6.07) is 8.31. The van der Waals surface area contributed by atoms with Gasteiger partial charge in [0.1, 0.15) is 11.5 Å². The standard InChI is InChI=1S/C22H25N3O3/c1-6-15-9-18(21(27)11-20(15)26)14(3)25(22(28)23-4)16-7-8-19-17(10-16)13(2)12-24(19)5/h7-12,26-27H,3,6H2,1-2,4-5H3,(H,23,28). The van der Waals surface area contributed by atoms with Gasteiger partial charge in [-0.15, -0.1) is 0 Å². The molecule has 3 rings (SSSR count). The molecule has 3 aromatic rings. The SMILES string of the molecule is C=C(c1cc(CC)c(O)cc1O)N(C(=O)NC)c1ccc2c(c1)c(C)cn2C. The molecular formula is C22H25N3O3. The molecule has 6 heteroatoms. The number of hydrogen-bond acceptors (Lipinski definition) is 3. The van der Waals surface area contributed by atoms with Crippen LogP contribution in [-0.2, 0) is 13.5 Å². The van der Waals surface area contributed by atoms with E-state index in [1.807, 2.05) is 49.9 Å². The van der Waals surface area contributed by atoms with Crippen molar-refractivity contribution in [3.05, 3.63) is 59.8 Å². The van der Waals surface area contributed by atoms with Gasteiger partial charge in [0.05, 0.1) is 11.4 Å². The van der Waals surface area contributed by atoms with Crippen LogP contribution in [0.5, 0.6) is 11.5 Å². The second-order valence-corrected chi connectivity index (χ2v) is 6.81. The average molecular weight is 379 g/mol. The molecule has 0 spiro atoms. The number of carbonyl (C=O) groups excluding carboxylic acids is 1. The number of phenolic OH excluding ortho intramolecular Hbond substituents is 2. The van der Waals surface area contributed by atoms with Crippen LogP contribution in [0.25, 0.3) is 16.6 Å². The Morgan fingerprint density at radius 2 is 1.93 bits per heavy atom. The number of nitrogens with zero attached hydrogens (tertiary/aromatic N) is 2. The maximum absolute atomic E-state index is 12.7. The molecule has 0 saturated carbocycles. The third-order valence-corrected chi connectivity index (χ3v) is 5.01. The van der Waals surface area contributed by atoms with Crippen LogP contribution in [0.15, 0.2) is 43.1 Å². The number of urea groups is 1. The van der Waals surface area contributed by atoms with E-state index < -0.39 is 0 Å². The number of hydrogen-bond donors (Lipinski definition) is 3. The molecule has 0 fully saturated rings. The number of nitrogens with one attached hydrogen (secondary N) is 1. The van der Waals surface area contributed by atoms with Crippen LogP contribution >= 0.6 is 0 Å². The number of rotatable bonds is 4. The van der Waals surface area contributed by atoms with Crippen molar-refractivity contribution in [2.75, 3.05) is 11.9 Å². The molecule has 1 aromatic heterocycles. The van der Waals surface area contributed by atoms with Gasteiger partial charge in [-0.25, -0.2) is 4.79 Å². The number of carbonyl (C=O) groups is 1. The van der Waals surface area contributed by atoms with Crippen molar-refractivity contribution >= 4 is 28.3 Å². The minimum atomic E-state index is -0.372. The van der Waals surface area contributed by atoms with Crippen LogP contribution in [0.1, 0.15) is 23.6 Å². The fourth-order valence-corrected chi connectivity index (χ4v) is 3.48. The number of fused-ring (bicyclic) bond motifs is 1. The average Bonchev–Trinajstić information content (AvgIpc) is 2.95. The maximum atomic E-state index is 12.7. The molecule has 146 valence electrons. The van der Waals surface area contributed by atoms with Gasteiger partial charge in [0, 0.05) is 42.8 Å². The molecule has 0 atom stereocenters. The van der Waals surface area contributed by atoms with Gasteiger partial charge in [0.15, 0.2) is 0 Å². The van der Waals surface area contributed by atoms with Crippen LogP contribution in [0.3, 0.4) is 0 Å². The highest BCUT2D eigenvalue weighted by atomic mass is 16.3. The molecule has 0 radical (unpaired) electrons. The first-order valence-electron chi connectivity index (χ1n) is 9.10. The summed E-state index contributed by atoms with van der Waals surface area (Å²) in [7, 11) is 3.52. The highest BCUT2D eigenvalue weighted by Crippen LogP contribution is 2.36. The summed E-state index contributed by atoms with van der Waals surface area (Å²) in [5, 5.41) is 24.0. The Morgan fingerprint density at radius 1 is 1.21 bits per heavy atom. The Labute approximate surface area is 164 Å². The second-order valence-electron chi connectivity index (χ2n) is 6.81. The molecule has 0 aliphatic rings. The Hall–Kier alpha value is -3.41. The van der Waals surface area contributed by atoms with Gasteiger partial charge in [0.25, 0.3) is 0 Å². The summed E-state index contributed by atoms with van der Waals surface area (Å²) in [5.74, 6) is -0.116. The van der Waals surface area contributed by atoms with E-state index in [2.05, 4.69) is 11.9 Å². The van der Waals surface area contributed by atoms with E-state index in [1.165, 1.54) is 11.0 Å². The molecular weight excluding hydrogens is 354 g/mol.